The lowest BCUT2D eigenvalue weighted by molar-refractivity contribution is -0.122. The summed E-state index contributed by atoms with van der Waals surface area (Å²) in [7, 11) is 4.13. The number of nitrogens with zero attached hydrogens (tertiary/aromatic N) is 1. The van der Waals surface area contributed by atoms with E-state index in [-0.39, 0.29) is 30.7 Å². The Morgan fingerprint density at radius 3 is 2.32 bits per heavy atom. The SMILES string of the molecule is CNCCC(=O)NC1CC2CCCC(C1)N2C.Cl.Cl. The quantitative estimate of drug-likeness (QED) is 0.828. The van der Waals surface area contributed by atoms with Crippen molar-refractivity contribution in [2.24, 2.45) is 0 Å². The van der Waals surface area contributed by atoms with Crippen LogP contribution in [0.25, 0.3) is 0 Å². The van der Waals surface area contributed by atoms with Crippen molar-refractivity contribution < 1.29 is 4.79 Å². The highest BCUT2D eigenvalue weighted by molar-refractivity contribution is 5.85. The van der Waals surface area contributed by atoms with Gasteiger partial charge in [-0.25, -0.2) is 0 Å². The Morgan fingerprint density at radius 2 is 1.79 bits per heavy atom. The molecule has 2 heterocycles. The summed E-state index contributed by atoms with van der Waals surface area (Å²) in [6.45, 7) is 0.769. The second-order valence-corrected chi connectivity index (χ2v) is 5.49. The van der Waals surface area contributed by atoms with Crippen LogP contribution in [0.1, 0.15) is 38.5 Å². The summed E-state index contributed by atoms with van der Waals surface area (Å²) in [4.78, 5) is 14.2. The highest BCUT2D eigenvalue weighted by atomic mass is 35.5. The third kappa shape index (κ3) is 5.10. The summed E-state index contributed by atoms with van der Waals surface area (Å²) in [5.41, 5.74) is 0. The monoisotopic (exact) mass is 311 g/mol. The van der Waals surface area contributed by atoms with Gasteiger partial charge in [-0.2, -0.15) is 0 Å². The van der Waals surface area contributed by atoms with Crippen LogP contribution < -0.4 is 10.6 Å². The largest absolute Gasteiger partial charge is 0.353 e. The summed E-state index contributed by atoms with van der Waals surface area (Å²) in [6.07, 6.45) is 6.83. The van der Waals surface area contributed by atoms with Crippen LogP contribution in [0.3, 0.4) is 0 Å². The number of amides is 1. The number of piperidine rings is 2. The van der Waals surface area contributed by atoms with E-state index in [0.717, 1.165) is 19.4 Å². The molecule has 2 aliphatic heterocycles. The third-order valence-corrected chi connectivity index (χ3v) is 4.31. The van der Waals surface area contributed by atoms with Crippen molar-refractivity contribution in [3.8, 4) is 0 Å². The standard InChI is InChI=1S/C13H25N3O.2ClH/c1-14-7-6-13(17)15-10-8-11-4-3-5-12(9-10)16(11)2;;/h10-12,14H,3-9H2,1-2H3,(H,15,17);2*1H. The molecule has 2 unspecified atom stereocenters. The first-order chi connectivity index (χ1) is 8.20. The lowest BCUT2D eigenvalue weighted by atomic mass is 9.82. The van der Waals surface area contributed by atoms with Gasteiger partial charge in [-0.15, -0.1) is 24.8 Å². The molecule has 2 saturated heterocycles. The average molecular weight is 312 g/mol. The van der Waals surface area contributed by atoms with Crippen molar-refractivity contribution in [1.29, 1.82) is 0 Å². The normalized spacial score (nSPS) is 29.9. The highest BCUT2D eigenvalue weighted by Crippen LogP contribution is 2.32. The second kappa shape index (κ2) is 9.01. The molecular formula is C13H27Cl2N3O. The summed E-state index contributed by atoms with van der Waals surface area (Å²) < 4.78 is 0. The van der Waals surface area contributed by atoms with Gasteiger partial charge in [0.05, 0.1) is 0 Å². The van der Waals surface area contributed by atoms with E-state index in [1.54, 1.807) is 0 Å². The topological polar surface area (TPSA) is 44.4 Å². The van der Waals surface area contributed by atoms with Gasteiger partial charge in [0.1, 0.15) is 0 Å². The van der Waals surface area contributed by atoms with Crippen LogP contribution >= 0.6 is 24.8 Å². The molecule has 0 aliphatic carbocycles. The van der Waals surface area contributed by atoms with Crippen molar-refractivity contribution in [3.63, 3.8) is 0 Å². The molecule has 2 aliphatic rings. The van der Waals surface area contributed by atoms with Crippen LogP contribution in [0.15, 0.2) is 0 Å². The molecule has 2 atom stereocenters. The maximum atomic E-state index is 11.7. The molecule has 0 radical (unpaired) electrons. The molecule has 0 aromatic rings. The van der Waals surface area contributed by atoms with Crippen molar-refractivity contribution in [2.75, 3.05) is 20.6 Å². The number of hydrogen-bond acceptors (Lipinski definition) is 3. The number of rotatable bonds is 4. The van der Waals surface area contributed by atoms with Gasteiger partial charge < -0.3 is 15.5 Å². The minimum absolute atomic E-state index is 0. The zero-order valence-corrected chi connectivity index (χ0v) is 13.5. The number of hydrogen-bond donors (Lipinski definition) is 2. The minimum atomic E-state index is 0. The van der Waals surface area contributed by atoms with E-state index in [1.165, 1.54) is 19.3 Å². The molecule has 19 heavy (non-hydrogen) atoms. The Hall–Kier alpha value is -0.0300. The number of carbonyl (C=O) groups excluding carboxylic acids is 1. The van der Waals surface area contributed by atoms with Gasteiger partial charge in [-0.05, 0) is 39.8 Å². The zero-order valence-electron chi connectivity index (χ0n) is 11.9. The Balaban J connectivity index is 0.00000162. The van der Waals surface area contributed by atoms with Crippen LogP contribution in [-0.2, 0) is 4.79 Å². The van der Waals surface area contributed by atoms with Crippen LogP contribution in [0, 0.1) is 0 Å². The minimum Gasteiger partial charge on any atom is -0.353 e. The summed E-state index contributed by atoms with van der Waals surface area (Å²) in [5, 5.41) is 6.21. The highest BCUT2D eigenvalue weighted by Gasteiger charge is 2.36. The van der Waals surface area contributed by atoms with Crippen molar-refractivity contribution in [2.45, 2.75) is 56.7 Å². The molecule has 4 nitrogen and oxygen atoms in total. The first-order valence-corrected chi connectivity index (χ1v) is 6.86. The molecule has 6 heteroatoms. The van der Waals surface area contributed by atoms with E-state index < -0.39 is 0 Å². The van der Waals surface area contributed by atoms with Gasteiger partial charge in [0.2, 0.25) is 5.91 Å². The number of fused-ring (bicyclic) bond motifs is 2. The van der Waals surface area contributed by atoms with Crippen LogP contribution in [-0.4, -0.2) is 49.6 Å². The van der Waals surface area contributed by atoms with Gasteiger partial charge in [-0.3, -0.25) is 4.79 Å². The first kappa shape index (κ1) is 19.0. The Labute approximate surface area is 128 Å². The van der Waals surface area contributed by atoms with Gasteiger partial charge in [-0.1, -0.05) is 6.42 Å². The Morgan fingerprint density at radius 1 is 1.21 bits per heavy atom. The lowest BCUT2D eigenvalue weighted by Gasteiger charge is -2.47. The van der Waals surface area contributed by atoms with E-state index >= 15 is 0 Å². The molecule has 0 aromatic carbocycles. The third-order valence-electron chi connectivity index (χ3n) is 4.31. The van der Waals surface area contributed by atoms with Crippen LogP contribution in [0.5, 0.6) is 0 Å². The molecule has 0 saturated carbocycles. The smallest absolute Gasteiger partial charge is 0.221 e. The molecule has 1 amide bonds. The number of halogens is 2. The van der Waals surface area contributed by atoms with E-state index in [4.69, 9.17) is 0 Å². The summed E-state index contributed by atoms with van der Waals surface area (Å²) in [6, 6.07) is 1.79. The molecule has 0 aromatic heterocycles. The molecule has 114 valence electrons. The van der Waals surface area contributed by atoms with Crippen LogP contribution in [0.4, 0.5) is 0 Å². The average Bonchev–Trinajstić information content (AvgIpc) is 2.28. The molecular weight excluding hydrogens is 285 g/mol. The van der Waals surface area contributed by atoms with Gasteiger partial charge >= 0.3 is 0 Å². The van der Waals surface area contributed by atoms with Gasteiger partial charge in [0, 0.05) is 31.1 Å². The van der Waals surface area contributed by atoms with Crippen LogP contribution in [0.2, 0.25) is 0 Å². The maximum absolute atomic E-state index is 11.7. The van der Waals surface area contributed by atoms with E-state index in [1.807, 2.05) is 7.05 Å². The first-order valence-electron chi connectivity index (χ1n) is 6.86. The predicted octanol–water partition coefficient (Wildman–Crippen LogP) is 1.57. The molecule has 2 N–H and O–H groups in total. The van der Waals surface area contributed by atoms with Gasteiger partial charge in [0.15, 0.2) is 0 Å². The summed E-state index contributed by atoms with van der Waals surface area (Å²) in [5.74, 6) is 0.201. The molecule has 2 fully saturated rings. The Kier molecular flexibility index (Phi) is 8.99. The number of nitrogens with one attached hydrogen (secondary N) is 2. The molecule has 2 bridgehead atoms. The predicted molar refractivity (Wildman–Crippen MR) is 83.4 cm³/mol. The fourth-order valence-electron chi connectivity index (χ4n) is 3.27. The van der Waals surface area contributed by atoms with E-state index in [2.05, 4.69) is 22.6 Å². The summed E-state index contributed by atoms with van der Waals surface area (Å²) >= 11 is 0. The Bertz CT molecular complexity index is 265. The van der Waals surface area contributed by atoms with Crippen molar-refractivity contribution in [1.82, 2.24) is 15.5 Å². The fraction of sp³-hybridized carbons (Fsp3) is 0.923. The van der Waals surface area contributed by atoms with Crippen molar-refractivity contribution >= 4 is 30.7 Å². The van der Waals surface area contributed by atoms with Crippen molar-refractivity contribution in [3.05, 3.63) is 0 Å². The fourth-order valence-corrected chi connectivity index (χ4v) is 3.27. The number of carbonyl (C=O) groups is 1. The molecule has 0 spiro atoms. The van der Waals surface area contributed by atoms with Gasteiger partial charge in [0.25, 0.3) is 0 Å². The second-order valence-electron chi connectivity index (χ2n) is 5.49. The zero-order chi connectivity index (χ0) is 12.3. The maximum Gasteiger partial charge on any atom is 0.221 e. The lowest BCUT2D eigenvalue weighted by Crippen LogP contribution is -2.55. The molecule has 2 rings (SSSR count). The van der Waals surface area contributed by atoms with E-state index in [9.17, 15) is 4.79 Å². The van der Waals surface area contributed by atoms with E-state index in [0.29, 0.717) is 24.5 Å².